The van der Waals surface area contributed by atoms with Gasteiger partial charge in [0.25, 0.3) is 0 Å². The van der Waals surface area contributed by atoms with Crippen LogP contribution in [0.4, 0.5) is 0 Å². The van der Waals surface area contributed by atoms with E-state index < -0.39 is 6.10 Å². The lowest BCUT2D eigenvalue weighted by molar-refractivity contribution is 0.175. The average molecular weight is 345 g/mol. The molecule has 3 rings (SSSR count). The lowest BCUT2D eigenvalue weighted by atomic mass is 10.0. The molecule has 3 aromatic rings. The molecule has 108 valence electrons. The van der Waals surface area contributed by atoms with E-state index in [0.29, 0.717) is 6.42 Å². The molecule has 0 aliphatic carbocycles. The fraction of sp³-hybridized carbons (Fsp3) is 0.235. The van der Waals surface area contributed by atoms with E-state index in [1.165, 1.54) is 5.39 Å². The second-order valence-electron chi connectivity index (χ2n) is 5.30. The van der Waals surface area contributed by atoms with Crippen LogP contribution in [-0.2, 0) is 13.5 Å². The zero-order valence-electron chi connectivity index (χ0n) is 12.0. The maximum absolute atomic E-state index is 10.5. The Kier molecular flexibility index (Phi) is 3.83. The van der Waals surface area contributed by atoms with Crippen molar-refractivity contribution in [1.29, 1.82) is 0 Å². The number of rotatable bonds is 3. The van der Waals surface area contributed by atoms with Gasteiger partial charge in [-0.05, 0) is 45.3 Å². The number of aliphatic hydroxyl groups excluding tert-OH is 1. The summed E-state index contributed by atoms with van der Waals surface area (Å²) in [6, 6.07) is 14.3. The third-order valence-electron chi connectivity index (χ3n) is 3.81. The summed E-state index contributed by atoms with van der Waals surface area (Å²) in [5.41, 5.74) is 2.88. The van der Waals surface area contributed by atoms with Crippen molar-refractivity contribution in [1.82, 2.24) is 9.78 Å². The van der Waals surface area contributed by atoms with E-state index in [1.54, 1.807) is 0 Å². The molecule has 0 radical (unpaired) electrons. The molecule has 1 heterocycles. The Morgan fingerprint density at radius 2 is 1.90 bits per heavy atom. The van der Waals surface area contributed by atoms with Gasteiger partial charge in [0, 0.05) is 13.5 Å². The predicted octanol–water partition coefficient (Wildman–Crippen LogP) is 3.92. The van der Waals surface area contributed by atoms with Gasteiger partial charge in [-0.15, -0.1) is 0 Å². The van der Waals surface area contributed by atoms with Crippen LogP contribution < -0.4 is 0 Å². The zero-order chi connectivity index (χ0) is 15.0. The lowest BCUT2D eigenvalue weighted by Crippen LogP contribution is -2.07. The van der Waals surface area contributed by atoms with Crippen molar-refractivity contribution in [2.75, 3.05) is 0 Å². The van der Waals surface area contributed by atoms with Crippen molar-refractivity contribution >= 4 is 26.7 Å². The maximum Gasteiger partial charge on any atom is 0.0845 e. The van der Waals surface area contributed by atoms with Gasteiger partial charge in [-0.25, -0.2) is 0 Å². The highest BCUT2D eigenvalue weighted by Crippen LogP contribution is 2.27. The molecule has 1 N–H and O–H groups in total. The molecule has 0 saturated heterocycles. The van der Waals surface area contributed by atoms with Crippen LogP contribution in [-0.4, -0.2) is 14.9 Å². The summed E-state index contributed by atoms with van der Waals surface area (Å²) in [5, 5.41) is 17.2. The first-order chi connectivity index (χ1) is 10.1. The number of aryl methyl sites for hydroxylation is 2. The highest BCUT2D eigenvalue weighted by atomic mass is 79.9. The molecule has 1 unspecified atom stereocenters. The van der Waals surface area contributed by atoms with Gasteiger partial charge in [0.2, 0.25) is 0 Å². The van der Waals surface area contributed by atoms with E-state index in [-0.39, 0.29) is 0 Å². The van der Waals surface area contributed by atoms with Crippen LogP contribution in [0.3, 0.4) is 0 Å². The number of fused-ring (bicyclic) bond motifs is 1. The summed E-state index contributed by atoms with van der Waals surface area (Å²) in [5.74, 6) is 0. The molecule has 3 nitrogen and oxygen atoms in total. The Morgan fingerprint density at radius 1 is 1.19 bits per heavy atom. The first-order valence-electron chi connectivity index (χ1n) is 6.91. The van der Waals surface area contributed by atoms with Gasteiger partial charge in [-0.1, -0.05) is 36.4 Å². The quantitative estimate of drug-likeness (QED) is 0.781. The van der Waals surface area contributed by atoms with Crippen LogP contribution in [0.15, 0.2) is 46.9 Å². The summed E-state index contributed by atoms with van der Waals surface area (Å²) in [7, 11) is 1.90. The van der Waals surface area contributed by atoms with Crippen molar-refractivity contribution in [3.05, 3.63) is 63.9 Å². The van der Waals surface area contributed by atoms with Crippen molar-refractivity contribution in [2.24, 2.45) is 7.05 Å². The fourth-order valence-electron chi connectivity index (χ4n) is 2.62. The predicted molar refractivity (Wildman–Crippen MR) is 88.3 cm³/mol. The van der Waals surface area contributed by atoms with Crippen molar-refractivity contribution in [2.45, 2.75) is 19.4 Å². The van der Waals surface area contributed by atoms with E-state index in [0.717, 1.165) is 26.8 Å². The molecular weight excluding hydrogens is 328 g/mol. The van der Waals surface area contributed by atoms with Gasteiger partial charge < -0.3 is 5.11 Å². The first kappa shape index (κ1) is 14.3. The van der Waals surface area contributed by atoms with Crippen molar-refractivity contribution in [3.8, 4) is 0 Å². The zero-order valence-corrected chi connectivity index (χ0v) is 13.6. The third-order valence-corrected chi connectivity index (χ3v) is 4.84. The number of aromatic nitrogens is 2. The van der Waals surface area contributed by atoms with Gasteiger partial charge in [0.05, 0.1) is 22.0 Å². The number of benzene rings is 2. The topological polar surface area (TPSA) is 38.0 Å². The molecule has 0 bridgehead atoms. The molecule has 0 aliphatic rings. The van der Waals surface area contributed by atoms with Crippen LogP contribution in [0.1, 0.15) is 23.1 Å². The Labute approximate surface area is 132 Å². The second-order valence-corrected chi connectivity index (χ2v) is 6.09. The Balaban J connectivity index is 1.91. The summed E-state index contributed by atoms with van der Waals surface area (Å²) >= 11 is 3.55. The highest BCUT2D eigenvalue weighted by molar-refractivity contribution is 9.10. The van der Waals surface area contributed by atoms with Crippen molar-refractivity contribution < 1.29 is 5.11 Å². The number of nitrogens with zero attached hydrogens (tertiary/aromatic N) is 2. The van der Waals surface area contributed by atoms with Crippen LogP contribution in [0, 0.1) is 6.92 Å². The molecule has 0 aliphatic heterocycles. The minimum absolute atomic E-state index is 0.538. The van der Waals surface area contributed by atoms with Crippen LogP contribution in [0.5, 0.6) is 0 Å². The first-order valence-corrected chi connectivity index (χ1v) is 7.70. The average Bonchev–Trinajstić information content (AvgIpc) is 2.73. The molecule has 0 fully saturated rings. The van der Waals surface area contributed by atoms with Crippen LogP contribution in [0.25, 0.3) is 10.8 Å². The third kappa shape index (κ3) is 2.74. The van der Waals surface area contributed by atoms with Crippen molar-refractivity contribution in [3.63, 3.8) is 0 Å². The Hall–Kier alpha value is -1.65. The normalized spacial score (nSPS) is 12.8. The molecular formula is C17H17BrN2O. The smallest absolute Gasteiger partial charge is 0.0845 e. The summed E-state index contributed by atoms with van der Waals surface area (Å²) in [6.45, 7) is 1.95. The number of hydrogen-bond donors (Lipinski definition) is 1. The van der Waals surface area contributed by atoms with E-state index in [9.17, 15) is 5.11 Å². The van der Waals surface area contributed by atoms with Gasteiger partial charge in [0.15, 0.2) is 0 Å². The Morgan fingerprint density at radius 3 is 2.57 bits per heavy atom. The number of halogens is 1. The standard InChI is InChI=1S/C17H17BrN2O/c1-11-17(18)15(20(2)19-11)10-16(21)14-8-7-12-5-3-4-6-13(12)9-14/h3-9,16,21H,10H2,1-2H3. The number of hydrogen-bond acceptors (Lipinski definition) is 2. The number of aliphatic hydroxyl groups is 1. The SMILES string of the molecule is Cc1nn(C)c(CC(O)c2ccc3ccccc3c2)c1Br. The van der Waals surface area contributed by atoms with E-state index in [1.807, 2.05) is 36.9 Å². The molecule has 0 saturated carbocycles. The molecule has 4 heteroatoms. The highest BCUT2D eigenvalue weighted by Gasteiger charge is 2.16. The summed E-state index contributed by atoms with van der Waals surface area (Å²) < 4.78 is 2.80. The lowest BCUT2D eigenvalue weighted by Gasteiger charge is -2.12. The molecule has 0 spiro atoms. The minimum Gasteiger partial charge on any atom is -0.388 e. The second kappa shape index (κ2) is 5.62. The summed E-state index contributed by atoms with van der Waals surface area (Å²) in [6.07, 6.45) is -0.00305. The monoisotopic (exact) mass is 344 g/mol. The van der Waals surface area contributed by atoms with Crippen LogP contribution in [0.2, 0.25) is 0 Å². The molecule has 1 aromatic heterocycles. The molecule has 2 aromatic carbocycles. The summed E-state index contributed by atoms with van der Waals surface area (Å²) in [4.78, 5) is 0. The van der Waals surface area contributed by atoms with Gasteiger partial charge in [-0.2, -0.15) is 5.10 Å². The van der Waals surface area contributed by atoms with E-state index in [4.69, 9.17) is 0 Å². The van der Waals surface area contributed by atoms with Gasteiger partial charge >= 0.3 is 0 Å². The molecule has 21 heavy (non-hydrogen) atoms. The maximum atomic E-state index is 10.5. The van der Waals surface area contributed by atoms with Gasteiger partial charge in [-0.3, -0.25) is 4.68 Å². The van der Waals surface area contributed by atoms with Gasteiger partial charge in [0.1, 0.15) is 0 Å². The van der Waals surface area contributed by atoms with Crippen LogP contribution >= 0.6 is 15.9 Å². The Bertz CT molecular complexity index is 795. The molecule has 0 amide bonds. The van der Waals surface area contributed by atoms with E-state index >= 15 is 0 Å². The molecule has 1 atom stereocenters. The minimum atomic E-state index is -0.541. The largest absolute Gasteiger partial charge is 0.388 e. The van der Waals surface area contributed by atoms with E-state index in [2.05, 4.69) is 45.3 Å². The fourth-order valence-corrected chi connectivity index (χ4v) is 3.12.